The molecular formula is C13H24N4O2. The summed E-state index contributed by atoms with van der Waals surface area (Å²) in [5.41, 5.74) is 7.60. The van der Waals surface area contributed by atoms with Gasteiger partial charge in [0.2, 0.25) is 0 Å². The van der Waals surface area contributed by atoms with Crippen molar-refractivity contribution >= 4 is 11.6 Å². The van der Waals surface area contributed by atoms with E-state index in [0.29, 0.717) is 30.9 Å². The van der Waals surface area contributed by atoms with Gasteiger partial charge in [0.15, 0.2) is 0 Å². The predicted molar refractivity (Wildman–Crippen MR) is 74.9 cm³/mol. The molecule has 1 aromatic rings. The first kappa shape index (κ1) is 15.5. The van der Waals surface area contributed by atoms with Gasteiger partial charge in [-0.05, 0) is 12.8 Å². The molecule has 6 nitrogen and oxygen atoms in total. The van der Waals surface area contributed by atoms with Gasteiger partial charge in [0.1, 0.15) is 5.69 Å². The summed E-state index contributed by atoms with van der Waals surface area (Å²) in [6.45, 7) is 4.92. The lowest BCUT2D eigenvalue weighted by molar-refractivity contribution is 0.0709. The molecule has 0 atom stereocenters. The number of carbonyl (C=O) groups is 1. The monoisotopic (exact) mass is 268 g/mol. The van der Waals surface area contributed by atoms with E-state index >= 15 is 0 Å². The average Bonchev–Trinajstić information content (AvgIpc) is 2.68. The van der Waals surface area contributed by atoms with Crippen molar-refractivity contribution in [1.29, 1.82) is 0 Å². The highest BCUT2D eigenvalue weighted by Gasteiger charge is 2.23. The number of amides is 1. The topological polar surface area (TPSA) is 84.4 Å². The highest BCUT2D eigenvalue weighted by molar-refractivity contribution is 5.98. The summed E-state index contributed by atoms with van der Waals surface area (Å²) in [4.78, 5) is 14.1. The SMILES string of the molecule is CCCCN(CCO)C(=O)c1c(N)c(CC)nn1C. The zero-order valence-electron chi connectivity index (χ0n) is 12.0. The van der Waals surface area contributed by atoms with Gasteiger partial charge in [-0.2, -0.15) is 5.10 Å². The molecule has 0 spiro atoms. The Balaban J connectivity index is 2.98. The van der Waals surface area contributed by atoms with Crippen LogP contribution in [0, 0.1) is 0 Å². The van der Waals surface area contributed by atoms with Gasteiger partial charge in [0, 0.05) is 20.1 Å². The van der Waals surface area contributed by atoms with Crippen molar-refractivity contribution in [3.05, 3.63) is 11.4 Å². The molecule has 0 radical (unpaired) electrons. The molecule has 0 saturated carbocycles. The highest BCUT2D eigenvalue weighted by Crippen LogP contribution is 2.19. The Morgan fingerprint density at radius 2 is 2.11 bits per heavy atom. The number of hydrogen-bond donors (Lipinski definition) is 2. The van der Waals surface area contributed by atoms with E-state index in [2.05, 4.69) is 12.0 Å². The highest BCUT2D eigenvalue weighted by atomic mass is 16.3. The van der Waals surface area contributed by atoms with Crippen LogP contribution >= 0.6 is 0 Å². The van der Waals surface area contributed by atoms with E-state index in [1.165, 1.54) is 4.68 Å². The molecule has 0 aliphatic rings. The third-order valence-electron chi connectivity index (χ3n) is 3.14. The van der Waals surface area contributed by atoms with Gasteiger partial charge in [-0.3, -0.25) is 9.48 Å². The predicted octanol–water partition coefficient (Wildman–Crippen LogP) is 0.799. The largest absolute Gasteiger partial charge is 0.395 e. The first-order valence-corrected chi connectivity index (χ1v) is 6.78. The summed E-state index contributed by atoms with van der Waals surface area (Å²) in [7, 11) is 1.72. The lowest BCUT2D eigenvalue weighted by Crippen LogP contribution is -2.36. The number of hydrogen-bond acceptors (Lipinski definition) is 4. The van der Waals surface area contributed by atoms with Gasteiger partial charge < -0.3 is 15.7 Å². The minimum absolute atomic E-state index is 0.0478. The molecular weight excluding hydrogens is 244 g/mol. The normalized spacial score (nSPS) is 10.7. The Morgan fingerprint density at radius 3 is 2.58 bits per heavy atom. The van der Waals surface area contributed by atoms with Crippen molar-refractivity contribution < 1.29 is 9.90 Å². The quantitative estimate of drug-likeness (QED) is 0.766. The number of nitrogen functional groups attached to an aromatic ring is 1. The van der Waals surface area contributed by atoms with Gasteiger partial charge in [-0.1, -0.05) is 20.3 Å². The number of nitrogens with two attached hydrogens (primary N) is 1. The summed E-state index contributed by atoms with van der Waals surface area (Å²) in [6, 6.07) is 0. The van der Waals surface area contributed by atoms with Crippen LogP contribution in [0.15, 0.2) is 0 Å². The van der Waals surface area contributed by atoms with Crippen LogP contribution in [0.4, 0.5) is 5.69 Å². The van der Waals surface area contributed by atoms with Crippen LogP contribution in [0.3, 0.4) is 0 Å². The smallest absolute Gasteiger partial charge is 0.274 e. The second-order valence-electron chi connectivity index (χ2n) is 4.56. The second-order valence-corrected chi connectivity index (χ2v) is 4.56. The molecule has 3 N–H and O–H groups in total. The maximum Gasteiger partial charge on any atom is 0.274 e. The minimum atomic E-state index is -0.158. The van der Waals surface area contributed by atoms with Crippen LogP contribution in [0.5, 0.6) is 0 Å². The van der Waals surface area contributed by atoms with E-state index in [9.17, 15) is 4.79 Å². The summed E-state index contributed by atoms with van der Waals surface area (Å²) in [5.74, 6) is -0.158. The summed E-state index contributed by atoms with van der Waals surface area (Å²) in [5, 5.41) is 13.3. The van der Waals surface area contributed by atoms with Crippen LogP contribution in [0.2, 0.25) is 0 Å². The van der Waals surface area contributed by atoms with Gasteiger partial charge in [-0.25, -0.2) is 0 Å². The zero-order chi connectivity index (χ0) is 14.4. The van der Waals surface area contributed by atoms with Crippen LogP contribution in [0.1, 0.15) is 42.9 Å². The first-order valence-electron chi connectivity index (χ1n) is 6.78. The number of anilines is 1. The molecule has 0 aliphatic carbocycles. The number of aryl methyl sites for hydroxylation is 2. The Morgan fingerprint density at radius 1 is 1.42 bits per heavy atom. The van der Waals surface area contributed by atoms with E-state index in [4.69, 9.17) is 10.8 Å². The Labute approximate surface area is 114 Å². The third kappa shape index (κ3) is 3.47. The molecule has 0 unspecified atom stereocenters. The average molecular weight is 268 g/mol. The van der Waals surface area contributed by atoms with Crippen LogP contribution < -0.4 is 5.73 Å². The van der Waals surface area contributed by atoms with Gasteiger partial charge >= 0.3 is 0 Å². The Kier molecular flexibility index (Phi) is 5.82. The molecule has 0 aliphatic heterocycles. The van der Waals surface area contributed by atoms with Crippen LogP contribution in [0.25, 0.3) is 0 Å². The van der Waals surface area contributed by atoms with Crippen molar-refractivity contribution in [1.82, 2.24) is 14.7 Å². The number of nitrogens with zero attached hydrogens (tertiary/aromatic N) is 3. The van der Waals surface area contributed by atoms with Gasteiger partial charge in [-0.15, -0.1) is 0 Å². The molecule has 6 heteroatoms. The van der Waals surface area contributed by atoms with E-state index < -0.39 is 0 Å². The van der Waals surface area contributed by atoms with E-state index in [1.807, 2.05) is 6.92 Å². The maximum atomic E-state index is 12.5. The summed E-state index contributed by atoms with van der Waals surface area (Å²) < 4.78 is 1.53. The number of aliphatic hydroxyl groups is 1. The molecule has 0 aromatic carbocycles. The molecule has 0 bridgehead atoms. The molecule has 108 valence electrons. The van der Waals surface area contributed by atoms with Crippen LogP contribution in [-0.4, -0.2) is 45.4 Å². The van der Waals surface area contributed by atoms with E-state index in [1.54, 1.807) is 11.9 Å². The zero-order valence-corrected chi connectivity index (χ0v) is 12.0. The van der Waals surface area contributed by atoms with Gasteiger partial charge in [0.25, 0.3) is 5.91 Å². The second kappa shape index (κ2) is 7.13. The summed E-state index contributed by atoms with van der Waals surface area (Å²) >= 11 is 0. The lowest BCUT2D eigenvalue weighted by atomic mass is 10.2. The molecule has 1 aromatic heterocycles. The molecule has 1 amide bonds. The van der Waals surface area contributed by atoms with Crippen molar-refractivity contribution in [2.75, 3.05) is 25.4 Å². The van der Waals surface area contributed by atoms with Crippen molar-refractivity contribution in [3.8, 4) is 0 Å². The van der Waals surface area contributed by atoms with Crippen molar-refractivity contribution in [3.63, 3.8) is 0 Å². The molecule has 1 rings (SSSR count). The first-order chi connectivity index (χ1) is 9.06. The number of rotatable bonds is 7. The minimum Gasteiger partial charge on any atom is -0.395 e. The Bertz CT molecular complexity index is 429. The molecule has 1 heterocycles. The van der Waals surface area contributed by atoms with E-state index in [0.717, 1.165) is 18.5 Å². The number of carbonyl (C=O) groups excluding carboxylic acids is 1. The third-order valence-corrected chi connectivity index (χ3v) is 3.14. The number of aromatic nitrogens is 2. The molecule has 0 fully saturated rings. The number of aliphatic hydroxyl groups excluding tert-OH is 1. The molecule has 19 heavy (non-hydrogen) atoms. The maximum absolute atomic E-state index is 12.5. The summed E-state index contributed by atoms with van der Waals surface area (Å²) in [6.07, 6.45) is 2.60. The van der Waals surface area contributed by atoms with Crippen molar-refractivity contribution in [2.45, 2.75) is 33.1 Å². The fourth-order valence-electron chi connectivity index (χ4n) is 2.05. The molecule has 0 saturated heterocycles. The van der Waals surface area contributed by atoms with E-state index in [-0.39, 0.29) is 12.5 Å². The Hall–Kier alpha value is -1.56. The van der Waals surface area contributed by atoms with Crippen LogP contribution in [-0.2, 0) is 13.5 Å². The fraction of sp³-hybridized carbons (Fsp3) is 0.692. The fourth-order valence-corrected chi connectivity index (χ4v) is 2.05. The lowest BCUT2D eigenvalue weighted by Gasteiger charge is -2.21. The number of unbranched alkanes of at least 4 members (excludes halogenated alkanes) is 1. The van der Waals surface area contributed by atoms with Gasteiger partial charge in [0.05, 0.1) is 18.0 Å². The standard InChI is InChI=1S/C13H24N4O2/c1-4-6-7-17(8-9-18)13(19)12-11(14)10(5-2)15-16(12)3/h18H,4-9,14H2,1-3H3. The van der Waals surface area contributed by atoms with Crippen molar-refractivity contribution in [2.24, 2.45) is 7.05 Å².